The van der Waals surface area contributed by atoms with Gasteiger partial charge in [0, 0.05) is 48.2 Å². The van der Waals surface area contributed by atoms with Gasteiger partial charge in [-0.1, -0.05) is 11.6 Å². The molecule has 0 aliphatic heterocycles. The van der Waals surface area contributed by atoms with Crippen molar-refractivity contribution in [1.29, 1.82) is 5.26 Å². The Hall–Kier alpha value is -3.37. The van der Waals surface area contributed by atoms with Gasteiger partial charge in [-0.15, -0.1) is 0 Å². The molecule has 0 bridgehead atoms. The lowest BCUT2D eigenvalue weighted by Crippen LogP contribution is -2.14. The van der Waals surface area contributed by atoms with Crippen molar-refractivity contribution >= 4 is 40.6 Å². The number of anilines is 2. The molecule has 0 spiro atoms. The maximum absolute atomic E-state index is 12.4. The highest BCUT2D eigenvalue weighted by Gasteiger charge is 2.15. The van der Waals surface area contributed by atoms with E-state index in [1.54, 1.807) is 49.3 Å². The molecule has 0 atom stereocenters. The minimum absolute atomic E-state index is 0.128. The first-order valence-corrected chi connectivity index (χ1v) is 7.84. The molecule has 0 aliphatic rings. The van der Waals surface area contributed by atoms with Crippen LogP contribution >= 0.6 is 11.6 Å². The van der Waals surface area contributed by atoms with E-state index >= 15 is 0 Å². The van der Waals surface area contributed by atoms with Crippen LogP contribution < -0.4 is 10.2 Å². The maximum Gasteiger partial charge on any atom is 0.270 e. The molecule has 132 valence electrons. The molecule has 26 heavy (non-hydrogen) atoms. The number of rotatable bonds is 5. The Morgan fingerprint density at radius 3 is 2.46 bits per heavy atom. The number of hydrogen-bond donors (Lipinski definition) is 1. The molecular weight excluding hydrogens is 356 g/mol. The van der Waals surface area contributed by atoms with Crippen LogP contribution in [0.4, 0.5) is 17.1 Å². The number of carbonyl (C=O) groups is 1. The van der Waals surface area contributed by atoms with Crippen molar-refractivity contribution in [3.63, 3.8) is 0 Å². The van der Waals surface area contributed by atoms with Gasteiger partial charge in [0.15, 0.2) is 0 Å². The summed E-state index contributed by atoms with van der Waals surface area (Å²) in [5.74, 6) is -0.619. The number of hydrogen-bond acceptors (Lipinski definition) is 5. The minimum Gasteiger partial charge on any atom is -0.377 e. The van der Waals surface area contributed by atoms with Crippen LogP contribution in [0.2, 0.25) is 5.02 Å². The number of non-ortho nitro benzene ring substituents is 1. The van der Waals surface area contributed by atoms with E-state index in [1.807, 2.05) is 6.07 Å². The Labute approximate surface area is 155 Å². The Balaban J connectivity index is 2.39. The van der Waals surface area contributed by atoms with Crippen molar-refractivity contribution in [1.82, 2.24) is 0 Å². The van der Waals surface area contributed by atoms with Crippen molar-refractivity contribution in [2.45, 2.75) is 0 Å². The first-order valence-electron chi connectivity index (χ1n) is 7.46. The standard InChI is InChI=1S/C18H15ClN4O3/c1-22(2)17-8-7-16(23(25)26)10-12(17)9-13(11-20)18(24)21-15-5-3-14(19)4-6-15/h3-10H,1-2H3,(H,21,24)/b13-9+. The average molecular weight is 371 g/mol. The van der Waals surface area contributed by atoms with Crippen LogP contribution in [0.25, 0.3) is 6.08 Å². The molecule has 0 fully saturated rings. The molecule has 0 aromatic heterocycles. The third-order valence-electron chi connectivity index (χ3n) is 3.47. The summed E-state index contributed by atoms with van der Waals surface area (Å²) in [5, 5.41) is 23.5. The number of carbonyl (C=O) groups excluding carboxylic acids is 1. The molecule has 1 N–H and O–H groups in total. The molecule has 2 aromatic rings. The van der Waals surface area contributed by atoms with Gasteiger partial charge in [0.05, 0.1) is 4.92 Å². The number of benzene rings is 2. The van der Waals surface area contributed by atoms with Crippen LogP contribution in [0.5, 0.6) is 0 Å². The number of nitriles is 1. The summed E-state index contributed by atoms with van der Waals surface area (Å²) in [6.07, 6.45) is 1.33. The van der Waals surface area contributed by atoms with E-state index in [9.17, 15) is 20.2 Å². The molecule has 2 aromatic carbocycles. The van der Waals surface area contributed by atoms with Crippen molar-refractivity contribution in [3.8, 4) is 6.07 Å². The first kappa shape index (κ1) is 19.0. The Bertz CT molecular complexity index is 915. The summed E-state index contributed by atoms with van der Waals surface area (Å²) in [4.78, 5) is 24.6. The molecule has 0 heterocycles. The Morgan fingerprint density at radius 2 is 1.92 bits per heavy atom. The predicted molar refractivity (Wildman–Crippen MR) is 101 cm³/mol. The number of nitro groups is 1. The van der Waals surface area contributed by atoms with Gasteiger partial charge in [-0.25, -0.2) is 0 Å². The van der Waals surface area contributed by atoms with E-state index in [4.69, 9.17) is 11.6 Å². The molecule has 7 nitrogen and oxygen atoms in total. The highest BCUT2D eigenvalue weighted by Crippen LogP contribution is 2.26. The average Bonchev–Trinajstić information content (AvgIpc) is 2.61. The second-order valence-electron chi connectivity index (χ2n) is 5.53. The summed E-state index contributed by atoms with van der Waals surface area (Å²) >= 11 is 5.80. The lowest BCUT2D eigenvalue weighted by atomic mass is 10.1. The number of nitrogens with zero attached hydrogens (tertiary/aromatic N) is 3. The maximum atomic E-state index is 12.4. The smallest absolute Gasteiger partial charge is 0.270 e. The second kappa shape index (κ2) is 8.14. The zero-order valence-corrected chi connectivity index (χ0v) is 14.8. The van der Waals surface area contributed by atoms with Gasteiger partial charge in [-0.3, -0.25) is 14.9 Å². The number of halogens is 1. The van der Waals surface area contributed by atoms with Crippen molar-refractivity contribution < 1.29 is 9.72 Å². The van der Waals surface area contributed by atoms with Crippen LogP contribution in [-0.2, 0) is 4.79 Å². The monoisotopic (exact) mass is 370 g/mol. The van der Waals surface area contributed by atoms with Gasteiger partial charge in [0.1, 0.15) is 11.6 Å². The molecule has 8 heteroatoms. The van der Waals surface area contributed by atoms with Crippen molar-refractivity contribution in [2.75, 3.05) is 24.3 Å². The lowest BCUT2D eigenvalue weighted by molar-refractivity contribution is -0.384. The lowest BCUT2D eigenvalue weighted by Gasteiger charge is -2.15. The molecule has 1 amide bonds. The van der Waals surface area contributed by atoms with Gasteiger partial charge in [-0.05, 0) is 36.4 Å². The van der Waals surface area contributed by atoms with E-state index in [0.717, 1.165) is 0 Å². The minimum atomic E-state index is -0.619. The van der Waals surface area contributed by atoms with Gasteiger partial charge < -0.3 is 10.2 Å². The summed E-state index contributed by atoms with van der Waals surface area (Å²) in [6, 6.07) is 12.5. The predicted octanol–water partition coefficient (Wildman–Crippen LogP) is 3.86. The molecule has 0 radical (unpaired) electrons. The van der Waals surface area contributed by atoms with Crippen LogP contribution in [0.15, 0.2) is 48.0 Å². The van der Waals surface area contributed by atoms with E-state index in [2.05, 4.69) is 5.32 Å². The number of amides is 1. The molecule has 0 unspecified atom stereocenters. The summed E-state index contributed by atoms with van der Waals surface area (Å²) in [7, 11) is 3.52. The molecule has 0 saturated carbocycles. The quantitative estimate of drug-likeness (QED) is 0.373. The van der Waals surface area contributed by atoms with Gasteiger partial charge >= 0.3 is 0 Å². The number of nitrogens with one attached hydrogen (secondary N) is 1. The normalized spacial score (nSPS) is 10.8. The van der Waals surface area contributed by atoms with Gasteiger partial charge in [0.2, 0.25) is 0 Å². The van der Waals surface area contributed by atoms with Crippen molar-refractivity contribution in [3.05, 3.63) is 68.7 Å². The highest BCUT2D eigenvalue weighted by atomic mass is 35.5. The van der Waals surface area contributed by atoms with Crippen LogP contribution in [0, 0.1) is 21.4 Å². The van der Waals surface area contributed by atoms with Gasteiger partial charge in [0.25, 0.3) is 11.6 Å². The summed E-state index contributed by atoms with van der Waals surface area (Å²) in [5.41, 5.74) is 1.21. The highest BCUT2D eigenvalue weighted by molar-refractivity contribution is 6.30. The molecule has 2 rings (SSSR count). The first-order chi connectivity index (χ1) is 12.3. The third-order valence-corrected chi connectivity index (χ3v) is 3.72. The SMILES string of the molecule is CN(C)c1ccc([N+](=O)[O-])cc1/C=C(\C#N)C(=O)Nc1ccc(Cl)cc1. The molecular formula is C18H15ClN4O3. The van der Waals surface area contributed by atoms with E-state index < -0.39 is 10.8 Å². The summed E-state index contributed by atoms with van der Waals surface area (Å²) in [6.45, 7) is 0. The fourth-order valence-electron chi connectivity index (χ4n) is 2.21. The van der Waals surface area contributed by atoms with Crippen LogP contribution in [-0.4, -0.2) is 24.9 Å². The Kier molecular flexibility index (Phi) is 5.94. The zero-order valence-electron chi connectivity index (χ0n) is 14.1. The zero-order chi connectivity index (χ0) is 19.3. The third kappa shape index (κ3) is 4.59. The largest absolute Gasteiger partial charge is 0.377 e. The van der Waals surface area contributed by atoms with Crippen LogP contribution in [0.3, 0.4) is 0 Å². The van der Waals surface area contributed by atoms with Crippen LogP contribution in [0.1, 0.15) is 5.56 Å². The van der Waals surface area contributed by atoms with Crippen molar-refractivity contribution in [2.24, 2.45) is 0 Å². The second-order valence-corrected chi connectivity index (χ2v) is 5.96. The molecule has 0 aliphatic carbocycles. The molecule has 0 saturated heterocycles. The fraction of sp³-hybridized carbons (Fsp3) is 0.111. The fourth-order valence-corrected chi connectivity index (χ4v) is 2.34. The number of nitro benzene ring substituents is 1. The van der Waals surface area contributed by atoms with Gasteiger partial charge in [-0.2, -0.15) is 5.26 Å². The van der Waals surface area contributed by atoms with E-state index in [-0.39, 0.29) is 11.3 Å². The van der Waals surface area contributed by atoms with E-state index in [0.29, 0.717) is 22.0 Å². The Morgan fingerprint density at radius 1 is 1.27 bits per heavy atom. The van der Waals surface area contributed by atoms with E-state index in [1.165, 1.54) is 18.2 Å². The topological polar surface area (TPSA) is 99.3 Å². The summed E-state index contributed by atoms with van der Waals surface area (Å²) < 4.78 is 0.